The van der Waals surface area contributed by atoms with E-state index >= 15 is 0 Å². The van der Waals surface area contributed by atoms with Crippen LogP contribution in [0.4, 0.5) is 4.79 Å². The van der Waals surface area contributed by atoms with E-state index in [1.165, 1.54) is 4.90 Å². The molecule has 0 aliphatic rings. The van der Waals surface area contributed by atoms with E-state index in [2.05, 4.69) is 10.3 Å². The third-order valence-corrected chi connectivity index (χ3v) is 1.55. The third kappa shape index (κ3) is 3.23. The van der Waals surface area contributed by atoms with Crippen molar-refractivity contribution < 1.29 is 9.90 Å². The molecule has 0 aliphatic carbocycles. The van der Waals surface area contributed by atoms with Gasteiger partial charge in [-0.05, 0) is 6.92 Å². The fraction of sp³-hybridized carbons (Fsp3) is 0.714. The summed E-state index contributed by atoms with van der Waals surface area (Å²) in [7, 11) is 3.35. The Bertz CT molecular complexity index is 179. The molecular formula is C7H15N3O2. The van der Waals surface area contributed by atoms with Gasteiger partial charge in [-0.15, -0.1) is 0 Å². The number of carbonyl (C=O) groups is 1. The van der Waals surface area contributed by atoms with Crippen molar-refractivity contribution in [2.24, 2.45) is 4.99 Å². The van der Waals surface area contributed by atoms with Gasteiger partial charge in [-0.25, -0.2) is 4.79 Å². The topological polar surface area (TPSA) is 64.9 Å². The smallest absolute Gasteiger partial charge is 0.407 e. The van der Waals surface area contributed by atoms with Crippen molar-refractivity contribution in [2.75, 3.05) is 27.2 Å². The number of aliphatic imine (C=N–C) groups is 1. The molecule has 5 nitrogen and oxygen atoms in total. The first kappa shape index (κ1) is 10.7. The Morgan fingerprint density at radius 2 is 2.25 bits per heavy atom. The molecule has 0 rings (SSSR count). The van der Waals surface area contributed by atoms with E-state index in [0.717, 1.165) is 0 Å². The highest BCUT2D eigenvalue weighted by Gasteiger charge is 2.10. The molecule has 5 heteroatoms. The SMILES string of the molecule is CCN(CC(=NC)NC)C(=O)O. The first-order valence-electron chi connectivity index (χ1n) is 3.77. The average Bonchev–Trinajstić information content (AvgIpc) is 2.06. The molecule has 0 bridgehead atoms. The van der Waals surface area contributed by atoms with Crippen LogP contribution in [0.15, 0.2) is 4.99 Å². The number of nitrogens with zero attached hydrogens (tertiary/aromatic N) is 2. The van der Waals surface area contributed by atoms with Gasteiger partial charge in [0.1, 0.15) is 5.84 Å². The molecule has 0 spiro atoms. The highest BCUT2D eigenvalue weighted by Crippen LogP contribution is 1.88. The van der Waals surface area contributed by atoms with Gasteiger partial charge in [0.05, 0.1) is 6.54 Å². The Labute approximate surface area is 72.1 Å². The maximum atomic E-state index is 10.5. The zero-order chi connectivity index (χ0) is 9.56. The molecule has 0 aliphatic heterocycles. The standard InChI is InChI=1S/C7H15N3O2/c1-4-10(7(11)12)5-6(8-2)9-3/h4-5H2,1-3H3,(H,8,9)(H,11,12). The molecule has 0 fully saturated rings. The van der Waals surface area contributed by atoms with Crippen molar-refractivity contribution in [3.05, 3.63) is 0 Å². The van der Waals surface area contributed by atoms with Gasteiger partial charge in [0, 0.05) is 20.6 Å². The molecule has 0 heterocycles. The van der Waals surface area contributed by atoms with Gasteiger partial charge >= 0.3 is 6.09 Å². The number of amidine groups is 1. The Balaban J connectivity index is 4.10. The van der Waals surface area contributed by atoms with Crippen LogP contribution in [-0.2, 0) is 0 Å². The molecule has 1 amide bonds. The Morgan fingerprint density at radius 1 is 1.67 bits per heavy atom. The minimum atomic E-state index is -0.922. The first-order valence-corrected chi connectivity index (χ1v) is 3.77. The van der Waals surface area contributed by atoms with Crippen molar-refractivity contribution in [3.8, 4) is 0 Å². The van der Waals surface area contributed by atoms with Gasteiger partial charge in [-0.2, -0.15) is 0 Å². The zero-order valence-electron chi connectivity index (χ0n) is 7.66. The quantitative estimate of drug-likeness (QED) is 0.474. The number of amides is 1. The third-order valence-electron chi connectivity index (χ3n) is 1.55. The van der Waals surface area contributed by atoms with Crippen LogP contribution in [0, 0.1) is 0 Å². The second-order valence-corrected chi connectivity index (χ2v) is 2.22. The van der Waals surface area contributed by atoms with Crippen LogP contribution in [-0.4, -0.2) is 49.1 Å². The van der Waals surface area contributed by atoms with Crippen LogP contribution in [0.25, 0.3) is 0 Å². The highest BCUT2D eigenvalue weighted by atomic mass is 16.4. The van der Waals surface area contributed by atoms with Crippen molar-refractivity contribution in [3.63, 3.8) is 0 Å². The summed E-state index contributed by atoms with van der Waals surface area (Å²) in [5, 5.41) is 11.5. The summed E-state index contributed by atoms with van der Waals surface area (Å²) < 4.78 is 0. The summed E-state index contributed by atoms with van der Waals surface area (Å²) in [5.41, 5.74) is 0. The van der Waals surface area contributed by atoms with Crippen molar-refractivity contribution in [2.45, 2.75) is 6.92 Å². The molecule has 0 saturated heterocycles. The highest BCUT2D eigenvalue weighted by molar-refractivity contribution is 5.86. The Hall–Kier alpha value is -1.26. The number of likely N-dealkylation sites (N-methyl/N-ethyl adjacent to an activating group) is 2. The second kappa shape index (κ2) is 5.40. The lowest BCUT2D eigenvalue weighted by molar-refractivity contribution is 0.154. The Morgan fingerprint density at radius 3 is 2.50 bits per heavy atom. The van der Waals surface area contributed by atoms with Gasteiger partial charge in [-0.1, -0.05) is 0 Å². The summed E-state index contributed by atoms with van der Waals surface area (Å²) >= 11 is 0. The molecule has 0 aromatic carbocycles. The minimum Gasteiger partial charge on any atom is -0.465 e. The predicted octanol–water partition coefficient (Wildman–Crippen LogP) is 0.234. The molecule has 0 aromatic rings. The lowest BCUT2D eigenvalue weighted by Crippen LogP contribution is -2.38. The molecule has 0 saturated carbocycles. The number of hydrogen-bond donors (Lipinski definition) is 2. The van der Waals surface area contributed by atoms with Gasteiger partial charge in [0.15, 0.2) is 0 Å². The van der Waals surface area contributed by atoms with Crippen LogP contribution in [0.3, 0.4) is 0 Å². The number of rotatable bonds is 3. The van der Waals surface area contributed by atoms with Gasteiger partial charge in [-0.3, -0.25) is 4.99 Å². The lowest BCUT2D eigenvalue weighted by Gasteiger charge is -2.17. The van der Waals surface area contributed by atoms with E-state index in [4.69, 9.17) is 5.11 Å². The summed E-state index contributed by atoms with van der Waals surface area (Å²) in [5.74, 6) is 0.666. The summed E-state index contributed by atoms with van der Waals surface area (Å²) in [6, 6.07) is 0. The number of hydrogen-bond acceptors (Lipinski definition) is 2. The molecule has 0 aromatic heterocycles. The fourth-order valence-electron chi connectivity index (χ4n) is 0.757. The van der Waals surface area contributed by atoms with E-state index in [1.54, 1.807) is 21.0 Å². The van der Waals surface area contributed by atoms with Crippen LogP contribution in [0.5, 0.6) is 0 Å². The van der Waals surface area contributed by atoms with Crippen LogP contribution >= 0.6 is 0 Å². The maximum Gasteiger partial charge on any atom is 0.407 e. The van der Waals surface area contributed by atoms with E-state index < -0.39 is 6.09 Å². The van der Waals surface area contributed by atoms with Gasteiger partial charge in [0.25, 0.3) is 0 Å². The van der Waals surface area contributed by atoms with Crippen LogP contribution in [0.2, 0.25) is 0 Å². The molecule has 0 radical (unpaired) electrons. The second-order valence-electron chi connectivity index (χ2n) is 2.22. The van der Waals surface area contributed by atoms with Crippen LogP contribution in [0.1, 0.15) is 6.92 Å². The summed E-state index contributed by atoms with van der Waals surface area (Å²) in [4.78, 5) is 15.7. The van der Waals surface area contributed by atoms with Crippen LogP contribution < -0.4 is 5.32 Å². The van der Waals surface area contributed by atoms with E-state index in [0.29, 0.717) is 18.9 Å². The van der Waals surface area contributed by atoms with E-state index in [9.17, 15) is 4.79 Å². The van der Waals surface area contributed by atoms with Crippen molar-refractivity contribution in [1.29, 1.82) is 0 Å². The minimum absolute atomic E-state index is 0.318. The van der Waals surface area contributed by atoms with E-state index in [1.807, 2.05) is 0 Å². The molecule has 12 heavy (non-hydrogen) atoms. The monoisotopic (exact) mass is 173 g/mol. The van der Waals surface area contributed by atoms with Crippen molar-refractivity contribution in [1.82, 2.24) is 10.2 Å². The number of nitrogens with one attached hydrogen (secondary N) is 1. The molecular weight excluding hydrogens is 158 g/mol. The van der Waals surface area contributed by atoms with Crippen molar-refractivity contribution >= 4 is 11.9 Å². The average molecular weight is 173 g/mol. The fourth-order valence-corrected chi connectivity index (χ4v) is 0.757. The molecule has 0 atom stereocenters. The lowest BCUT2D eigenvalue weighted by atomic mass is 10.5. The normalized spacial score (nSPS) is 11.1. The van der Waals surface area contributed by atoms with Gasteiger partial charge in [0.2, 0.25) is 0 Å². The van der Waals surface area contributed by atoms with E-state index in [-0.39, 0.29) is 0 Å². The van der Waals surface area contributed by atoms with Gasteiger partial charge < -0.3 is 15.3 Å². The largest absolute Gasteiger partial charge is 0.465 e. The first-order chi connectivity index (χ1) is 5.65. The zero-order valence-corrected chi connectivity index (χ0v) is 7.66. The number of carboxylic acid groups (broad SMARTS) is 1. The maximum absolute atomic E-state index is 10.5. The summed E-state index contributed by atoms with van der Waals surface area (Å²) in [6.45, 7) is 2.58. The Kier molecular flexibility index (Phi) is 4.83. The molecule has 70 valence electrons. The molecule has 0 unspecified atom stereocenters. The predicted molar refractivity (Wildman–Crippen MR) is 47.7 cm³/mol. The molecule has 2 N–H and O–H groups in total. The summed E-state index contributed by atoms with van der Waals surface area (Å²) in [6.07, 6.45) is -0.922.